The average molecular weight is 374 g/mol. The van der Waals surface area contributed by atoms with E-state index in [9.17, 15) is 13.5 Å². The zero-order chi connectivity index (χ0) is 17.5. The fraction of sp³-hybridized carbons (Fsp3) is 0.462. The SMILES string of the molecule is CCc1noc([C@@]2(O)CCN(S(=O)(=O)c3cc(Cl)cnc3N)C2)n1. The Morgan fingerprint density at radius 3 is 2.96 bits per heavy atom. The van der Waals surface area contributed by atoms with Crippen LogP contribution in [0.2, 0.25) is 5.02 Å². The van der Waals surface area contributed by atoms with Crippen molar-refractivity contribution in [3.05, 3.63) is 29.0 Å². The van der Waals surface area contributed by atoms with Crippen molar-refractivity contribution in [3.8, 4) is 0 Å². The molecule has 1 saturated heterocycles. The Kier molecular flexibility index (Phi) is 4.24. The first-order chi connectivity index (χ1) is 11.3. The van der Waals surface area contributed by atoms with E-state index in [2.05, 4.69) is 15.1 Å². The lowest BCUT2D eigenvalue weighted by Gasteiger charge is -2.20. The van der Waals surface area contributed by atoms with Crippen molar-refractivity contribution in [1.82, 2.24) is 19.4 Å². The summed E-state index contributed by atoms with van der Waals surface area (Å²) >= 11 is 5.82. The van der Waals surface area contributed by atoms with Crippen LogP contribution < -0.4 is 5.73 Å². The van der Waals surface area contributed by atoms with Crippen LogP contribution in [0.3, 0.4) is 0 Å². The molecule has 3 heterocycles. The molecule has 3 rings (SSSR count). The van der Waals surface area contributed by atoms with Gasteiger partial charge in [-0.25, -0.2) is 13.4 Å². The molecule has 3 N–H and O–H groups in total. The Morgan fingerprint density at radius 1 is 1.54 bits per heavy atom. The molecule has 1 aliphatic rings. The number of nitrogen functional groups attached to an aromatic ring is 1. The minimum atomic E-state index is -3.96. The van der Waals surface area contributed by atoms with E-state index in [1.807, 2.05) is 6.92 Å². The number of pyridine rings is 1. The summed E-state index contributed by atoms with van der Waals surface area (Å²) < 4.78 is 31.7. The van der Waals surface area contributed by atoms with Gasteiger partial charge in [-0.3, -0.25) is 0 Å². The zero-order valence-electron chi connectivity index (χ0n) is 12.8. The molecule has 0 aromatic carbocycles. The molecular weight excluding hydrogens is 358 g/mol. The highest BCUT2D eigenvalue weighted by molar-refractivity contribution is 7.89. The molecule has 24 heavy (non-hydrogen) atoms. The van der Waals surface area contributed by atoms with Gasteiger partial charge in [0.15, 0.2) is 11.4 Å². The van der Waals surface area contributed by atoms with Gasteiger partial charge in [-0.1, -0.05) is 23.7 Å². The highest BCUT2D eigenvalue weighted by Gasteiger charge is 2.47. The summed E-state index contributed by atoms with van der Waals surface area (Å²) in [5.41, 5.74) is 4.13. The molecule has 0 aliphatic carbocycles. The van der Waals surface area contributed by atoms with Crippen molar-refractivity contribution in [3.63, 3.8) is 0 Å². The van der Waals surface area contributed by atoms with Gasteiger partial charge >= 0.3 is 0 Å². The zero-order valence-corrected chi connectivity index (χ0v) is 14.4. The standard InChI is InChI=1S/C13H16ClN5O4S/c1-2-10-17-12(23-18-10)13(20)3-4-19(7-13)24(21,22)9-5-8(14)6-16-11(9)15/h5-6,20H,2-4,7H2,1H3,(H2,15,16)/t13-/m1/s1. The van der Waals surface area contributed by atoms with E-state index >= 15 is 0 Å². The number of nitrogens with zero attached hydrogens (tertiary/aromatic N) is 4. The van der Waals surface area contributed by atoms with Crippen LogP contribution in [0.4, 0.5) is 5.82 Å². The van der Waals surface area contributed by atoms with E-state index in [0.717, 1.165) is 4.31 Å². The number of aliphatic hydroxyl groups is 1. The summed E-state index contributed by atoms with van der Waals surface area (Å²) in [6.07, 6.45) is 1.94. The van der Waals surface area contributed by atoms with E-state index in [1.165, 1.54) is 12.3 Å². The summed E-state index contributed by atoms with van der Waals surface area (Å²) in [7, 11) is -3.96. The molecule has 0 unspecified atom stereocenters. The third-order valence-corrected chi connectivity index (χ3v) is 5.94. The van der Waals surface area contributed by atoms with Crippen LogP contribution in [0.1, 0.15) is 25.1 Å². The number of rotatable bonds is 4. The van der Waals surface area contributed by atoms with E-state index in [-0.39, 0.29) is 41.1 Å². The van der Waals surface area contributed by atoms with E-state index < -0.39 is 15.6 Å². The van der Waals surface area contributed by atoms with Crippen LogP contribution in [0, 0.1) is 0 Å². The van der Waals surface area contributed by atoms with Crippen molar-refractivity contribution in [2.75, 3.05) is 18.8 Å². The molecule has 0 spiro atoms. The summed E-state index contributed by atoms with van der Waals surface area (Å²) in [5, 5.41) is 14.6. The maximum Gasteiger partial charge on any atom is 0.260 e. The second-order valence-electron chi connectivity index (χ2n) is 5.53. The van der Waals surface area contributed by atoms with Crippen LogP contribution in [0.15, 0.2) is 21.7 Å². The van der Waals surface area contributed by atoms with Crippen molar-refractivity contribution in [2.45, 2.75) is 30.3 Å². The average Bonchev–Trinajstić information content (AvgIpc) is 3.17. The molecule has 130 valence electrons. The van der Waals surface area contributed by atoms with Crippen molar-refractivity contribution in [1.29, 1.82) is 0 Å². The molecule has 0 radical (unpaired) electrons. The first-order valence-electron chi connectivity index (χ1n) is 7.23. The Balaban J connectivity index is 1.90. The fourth-order valence-electron chi connectivity index (χ4n) is 2.50. The van der Waals surface area contributed by atoms with Crippen molar-refractivity contribution >= 4 is 27.4 Å². The first-order valence-corrected chi connectivity index (χ1v) is 9.04. The normalized spacial score (nSPS) is 22.1. The Bertz CT molecular complexity index is 871. The molecule has 1 fully saturated rings. The Hall–Kier alpha value is -1.75. The molecule has 0 saturated carbocycles. The van der Waals surface area contributed by atoms with Gasteiger partial charge in [0.05, 0.1) is 11.6 Å². The van der Waals surface area contributed by atoms with E-state index in [0.29, 0.717) is 12.2 Å². The van der Waals surface area contributed by atoms with E-state index in [1.54, 1.807) is 0 Å². The van der Waals surface area contributed by atoms with Crippen LogP contribution in [0.25, 0.3) is 0 Å². The number of hydrogen-bond acceptors (Lipinski definition) is 8. The predicted octanol–water partition coefficient (Wildman–Crippen LogP) is 0.545. The summed E-state index contributed by atoms with van der Waals surface area (Å²) in [6.45, 7) is 1.71. The van der Waals surface area contributed by atoms with Gasteiger partial charge in [0.2, 0.25) is 10.0 Å². The second kappa shape index (κ2) is 5.96. The molecule has 11 heteroatoms. The van der Waals surface area contributed by atoms with Gasteiger partial charge in [0.25, 0.3) is 5.89 Å². The maximum atomic E-state index is 12.8. The lowest BCUT2D eigenvalue weighted by molar-refractivity contribution is 0.0194. The minimum Gasteiger partial charge on any atom is -0.383 e. The highest BCUT2D eigenvalue weighted by Crippen LogP contribution is 2.35. The summed E-state index contributed by atoms with van der Waals surface area (Å²) in [6, 6.07) is 1.23. The van der Waals surface area contributed by atoms with Crippen LogP contribution in [-0.4, -0.2) is 46.0 Å². The Labute approximate surface area is 143 Å². The number of halogens is 1. The number of anilines is 1. The van der Waals surface area contributed by atoms with E-state index in [4.69, 9.17) is 21.9 Å². The molecule has 0 bridgehead atoms. The second-order valence-corrected chi connectivity index (χ2v) is 7.87. The molecule has 1 aliphatic heterocycles. The lowest BCUT2D eigenvalue weighted by Crippen LogP contribution is -2.35. The van der Waals surface area contributed by atoms with Crippen LogP contribution in [0.5, 0.6) is 0 Å². The van der Waals surface area contributed by atoms with Gasteiger partial charge in [-0.15, -0.1) is 0 Å². The number of aryl methyl sites for hydroxylation is 1. The molecule has 0 amide bonds. The number of aromatic nitrogens is 3. The molecule has 9 nitrogen and oxygen atoms in total. The topological polar surface area (TPSA) is 135 Å². The third kappa shape index (κ3) is 2.86. The van der Waals surface area contributed by atoms with Gasteiger partial charge < -0.3 is 15.4 Å². The molecule has 2 aromatic heterocycles. The molecular formula is C13H16ClN5O4S. The third-order valence-electron chi connectivity index (χ3n) is 3.86. The molecule has 2 aromatic rings. The monoisotopic (exact) mass is 373 g/mol. The smallest absolute Gasteiger partial charge is 0.260 e. The largest absolute Gasteiger partial charge is 0.383 e. The number of sulfonamides is 1. The fourth-order valence-corrected chi connectivity index (χ4v) is 4.31. The first kappa shape index (κ1) is 17.1. The molecule has 1 atom stereocenters. The Morgan fingerprint density at radius 2 is 2.29 bits per heavy atom. The number of β-amino-alcohol motifs (C(OH)–C–C–N with tert-alkyl or cyclic N) is 1. The van der Waals surface area contributed by atoms with Crippen LogP contribution in [-0.2, 0) is 22.0 Å². The van der Waals surface area contributed by atoms with Gasteiger partial charge in [-0.05, 0) is 6.07 Å². The summed E-state index contributed by atoms with van der Waals surface area (Å²) in [4.78, 5) is 7.66. The highest BCUT2D eigenvalue weighted by atomic mass is 35.5. The number of nitrogens with two attached hydrogens (primary N) is 1. The predicted molar refractivity (Wildman–Crippen MR) is 84.6 cm³/mol. The van der Waals surface area contributed by atoms with Gasteiger partial charge in [0.1, 0.15) is 10.7 Å². The van der Waals surface area contributed by atoms with Crippen molar-refractivity contribution in [2.24, 2.45) is 0 Å². The summed E-state index contributed by atoms with van der Waals surface area (Å²) in [5.74, 6) is 0.304. The van der Waals surface area contributed by atoms with Gasteiger partial charge in [-0.2, -0.15) is 9.29 Å². The quantitative estimate of drug-likeness (QED) is 0.792. The van der Waals surface area contributed by atoms with Gasteiger partial charge in [0, 0.05) is 25.6 Å². The number of hydrogen-bond donors (Lipinski definition) is 2. The van der Waals surface area contributed by atoms with Crippen molar-refractivity contribution < 1.29 is 18.0 Å². The maximum absolute atomic E-state index is 12.8. The van der Waals surface area contributed by atoms with Crippen LogP contribution >= 0.6 is 11.6 Å². The minimum absolute atomic E-state index is 0.00856. The lowest BCUT2D eigenvalue weighted by atomic mass is 10.0.